The number of rotatable bonds is 5. The highest BCUT2D eigenvalue weighted by Gasteiger charge is 2.10. The van der Waals surface area contributed by atoms with Crippen LogP contribution in [0.4, 0.5) is 14.5 Å². The van der Waals surface area contributed by atoms with Gasteiger partial charge in [-0.25, -0.2) is 8.78 Å². The molecule has 1 unspecified atom stereocenters. The Balaban J connectivity index is 2.81. The third-order valence-corrected chi connectivity index (χ3v) is 2.78. The zero-order chi connectivity index (χ0) is 13.0. The molecule has 1 aromatic rings. The van der Waals surface area contributed by atoms with Crippen LogP contribution in [0.3, 0.4) is 0 Å². The van der Waals surface area contributed by atoms with E-state index < -0.39 is 6.43 Å². The van der Waals surface area contributed by atoms with Crippen LogP contribution >= 0.6 is 11.6 Å². The zero-order valence-electron chi connectivity index (χ0n) is 9.96. The Bertz CT molecular complexity index is 370. The van der Waals surface area contributed by atoms with Crippen molar-refractivity contribution in [2.75, 3.05) is 18.5 Å². The molecule has 0 fully saturated rings. The highest BCUT2D eigenvalue weighted by Crippen LogP contribution is 2.24. The first-order valence-corrected chi connectivity index (χ1v) is 5.81. The van der Waals surface area contributed by atoms with Crippen molar-refractivity contribution in [3.05, 3.63) is 28.8 Å². The lowest BCUT2D eigenvalue weighted by Crippen LogP contribution is -2.24. The van der Waals surface area contributed by atoms with Gasteiger partial charge in [0.1, 0.15) is 0 Å². The fourth-order valence-electron chi connectivity index (χ4n) is 1.60. The Labute approximate surface area is 105 Å². The number of hydrogen-bond donors (Lipinski definition) is 1. The van der Waals surface area contributed by atoms with Gasteiger partial charge in [-0.3, -0.25) is 0 Å². The van der Waals surface area contributed by atoms with E-state index in [1.807, 2.05) is 13.0 Å². The van der Waals surface area contributed by atoms with Crippen molar-refractivity contribution in [2.24, 2.45) is 5.73 Å². The van der Waals surface area contributed by atoms with Crippen molar-refractivity contribution in [3.63, 3.8) is 0 Å². The fraction of sp³-hybridized carbons (Fsp3) is 0.500. The van der Waals surface area contributed by atoms with E-state index in [1.54, 1.807) is 19.2 Å². The van der Waals surface area contributed by atoms with Gasteiger partial charge in [-0.05, 0) is 31.0 Å². The van der Waals surface area contributed by atoms with Crippen LogP contribution in [0.5, 0.6) is 0 Å². The molecule has 1 aromatic carbocycles. The van der Waals surface area contributed by atoms with E-state index in [-0.39, 0.29) is 12.6 Å². The summed E-state index contributed by atoms with van der Waals surface area (Å²) >= 11 is 6.08. The number of hydrogen-bond acceptors (Lipinski definition) is 2. The maximum atomic E-state index is 12.2. The summed E-state index contributed by atoms with van der Waals surface area (Å²) < 4.78 is 24.5. The molecular weight excluding hydrogens is 246 g/mol. The van der Waals surface area contributed by atoms with Gasteiger partial charge < -0.3 is 10.6 Å². The molecule has 17 heavy (non-hydrogen) atoms. The van der Waals surface area contributed by atoms with Gasteiger partial charge >= 0.3 is 0 Å². The van der Waals surface area contributed by atoms with Crippen LogP contribution in [0, 0.1) is 0 Å². The summed E-state index contributed by atoms with van der Waals surface area (Å²) in [7, 11) is 1.61. The maximum absolute atomic E-state index is 12.2. The van der Waals surface area contributed by atoms with Crippen LogP contribution in [0.25, 0.3) is 0 Å². The molecule has 96 valence electrons. The van der Waals surface area contributed by atoms with E-state index in [0.717, 1.165) is 5.56 Å². The molecule has 0 aliphatic carbocycles. The minimum atomic E-state index is -2.36. The van der Waals surface area contributed by atoms with Gasteiger partial charge in [0.15, 0.2) is 0 Å². The van der Waals surface area contributed by atoms with Crippen molar-refractivity contribution in [1.29, 1.82) is 0 Å². The van der Waals surface area contributed by atoms with E-state index in [2.05, 4.69) is 0 Å². The molecule has 0 saturated heterocycles. The predicted octanol–water partition coefficient (Wildman–Crippen LogP) is 2.93. The summed E-state index contributed by atoms with van der Waals surface area (Å²) in [5.41, 5.74) is 7.31. The molecule has 2 N–H and O–H groups in total. The van der Waals surface area contributed by atoms with Crippen molar-refractivity contribution in [3.8, 4) is 0 Å². The molecule has 0 aliphatic rings. The molecule has 1 rings (SSSR count). The van der Waals surface area contributed by atoms with Gasteiger partial charge in [-0.2, -0.15) is 0 Å². The number of nitrogens with zero attached hydrogens (tertiary/aromatic N) is 1. The van der Waals surface area contributed by atoms with Gasteiger partial charge in [-0.1, -0.05) is 17.7 Å². The first-order chi connectivity index (χ1) is 7.90. The maximum Gasteiger partial charge on any atom is 0.255 e. The second-order valence-electron chi connectivity index (χ2n) is 4.23. The van der Waals surface area contributed by atoms with Crippen LogP contribution in [0.2, 0.25) is 5.02 Å². The number of benzene rings is 1. The summed E-state index contributed by atoms with van der Waals surface area (Å²) in [6.45, 7) is 1.59. The molecule has 0 spiro atoms. The van der Waals surface area contributed by atoms with Crippen LogP contribution in [0.15, 0.2) is 18.2 Å². The van der Waals surface area contributed by atoms with Gasteiger partial charge in [0.2, 0.25) is 0 Å². The summed E-state index contributed by atoms with van der Waals surface area (Å²) in [4.78, 5) is 1.48. The van der Waals surface area contributed by atoms with E-state index in [4.69, 9.17) is 17.3 Å². The highest BCUT2D eigenvalue weighted by molar-refractivity contribution is 6.31. The van der Waals surface area contributed by atoms with Crippen LogP contribution in [-0.4, -0.2) is 26.1 Å². The average Bonchev–Trinajstić information content (AvgIpc) is 2.19. The van der Waals surface area contributed by atoms with Crippen molar-refractivity contribution in [1.82, 2.24) is 0 Å². The Morgan fingerprint density at radius 3 is 2.53 bits per heavy atom. The molecule has 0 radical (unpaired) electrons. The molecule has 2 nitrogen and oxygen atoms in total. The minimum absolute atomic E-state index is 0.0251. The number of alkyl halides is 2. The Morgan fingerprint density at radius 2 is 2.06 bits per heavy atom. The quantitative estimate of drug-likeness (QED) is 0.884. The van der Waals surface area contributed by atoms with Gasteiger partial charge in [0, 0.05) is 23.8 Å². The second-order valence-corrected chi connectivity index (χ2v) is 4.64. The normalized spacial score (nSPS) is 12.9. The van der Waals surface area contributed by atoms with E-state index in [1.165, 1.54) is 4.90 Å². The van der Waals surface area contributed by atoms with Crippen molar-refractivity contribution < 1.29 is 8.78 Å². The van der Waals surface area contributed by atoms with Crippen molar-refractivity contribution in [2.45, 2.75) is 25.8 Å². The van der Waals surface area contributed by atoms with Gasteiger partial charge in [0.25, 0.3) is 6.43 Å². The lowest BCUT2D eigenvalue weighted by atomic mass is 10.1. The third kappa shape index (κ3) is 4.48. The molecule has 0 heterocycles. The SMILES string of the molecule is CC(N)Cc1ccc(N(C)CC(F)F)cc1Cl. The molecule has 0 aromatic heterocycles. The van der Waals surface area contributed by atoms with Crippen molar-refractivity contribution >= 4 is 17.3 Å². The second kappa shape index (κ2) is 6.17. The smallest absolute Gasteiger partial charge is 0.255 e. The van der Waals surface area contributed by atoms with E-state index in [9.17, 15) is 8.78 Å². The van der Waals surface area contributed by atoms with Crippen LogP contribution in [-0.2, 0) is 6.42 Å². The number of halogens is 3. The van der Waals surface area contributed by atoms with E-state index >= 15 is 0 Å². The molecule has 0 amide bonds. The zero-order valence-corrected chi connectivity index (χ0v) is 10.7. The first-order valence-electron chi connectivity index (χ1n) is 5.43. The monoisotopic (exact) mass is 262 g/mol. The van der Waals surface area contributed by atoms with Crippen LogP contribution in [0.1, 0.15) is 12.5 Å². The highest BCUT2D eigenvalue weighted by atomic mass is 35.5. The van der Waals surface area contributed by atoms with Gasteiger partial charge in [0.05, 0.1) is 6.54 Å². The van der Waals surface area contributed by atoms with E-state index in [0.29, 0.717) is 17.1 Å². The lowest BCUT2D eigenvalue weighted by molar-refractivity contribution is 0.156. The molecule has 0 aliphatic heterocycles. The number of nitrogens with two attached hydrogens (primary N) is 1. The fourth-order valence-corrected chi connectivity index (χ4v) is 1.85. The summed E-state index contributed by atoms with van der Waals surface area (Å²) in [5.74, 6) is 0. The largest absolute Gasteiger partial charge is 0.369 e. The Hall–Kier alpha value is -0.870. The first kappa shape index (κ1) is 14.2. The standard InChI is InChI=1S/C12H17ClF2N2/c1-8(16)5-9-3-4-10(6-11(9)13)17(2)7-12(14)15/h3-4,6,8,12H,5,7,16H2,1-2H3. The lowest BCUT2D eigenvalue weighted by Gasteiger charge is -2.20. The predicted molar refractivity (Wildman–Crippen MR) is 68.1 cm³/mol. The Morgan fingerprint density at radius 1 is 1.41 bits per heavy atom. The molecule has 0 bridgehead atoms. The summed E-state index contributed by atoms with van der Waals surface area (Å²) in [6, 6.07) is 5.34. The topological polar surface area (TPSA) is 29.3 Å². The third-order valence-electron chi connectivity index (χ3n) is 2.43. The minimum Gasteiger partial charge on any atom is -0.369 e. The summed E-state index contributed by atoms with van der Waals surface area (Å²) in [6.07, 6.45) is -1.68. The number of anilines is 1. The van der Waals surface area contributed by atoms with Gasteiger partial charge in [-0.15, -0.1) is 0 Å². The Kier molecular flexibility index (Phi) is 5.15. The van der Waals surface area contributed by atoms with Crippen LogP contribution < -0.4 is 10.6 Å². The molecule has 5 heteroatoms. The molecule has 0 saturated carbocycles. The summed E-state index contributed by atoms with van der Waals surface area (Å²) in [5, 5.41) is 0.570. The molecular formula is C12H17ClF2N2. The average molecular weight is 263 g/mol. The molecule has 1 atom stereocenters.